The number of hydrogen-bond donors (Lipinski definition) is 2. The van der Waals surface area contributed by atoms with Crippen LogP contribution in [0.3, 0.4) is 0 Å². The fourth-order valence-electron chi connectivity index (χ4n) is 4.70. The van der Waals surface area contributed by atoms with E-state index in [-0.39, 0.29) is 5.91 Å². The van der Waals surface area contributed by atoms with Gasteiger partial charge in [-0.15, -0.1) is 0 Å². The largest absolute Gasteiger partial charge is 0.379 e. The number of nitrogens with one attached hydrogen (secondary N) is 1. The molecule has 0 aromatic carbocycles. The molecule has 0 unspecified atom stereocenters. The van der Waals surface area contributed by atoms with Crippen LogP contribution in [0.1, 0.15) is 77.0 Å². The number of carbonyl (C=O) groups is 1. The van der Waals surface area contributed by atoms with E-state index in [1.807, 2.05) is 4.90 Å². The van der Waals surface area contributed by atoms with E-state index in [0.29, 0.717) is 19.0 Å². The van der Waals surface area contributed by atoms with E-state index in [9.17, 15) is 9.90 Å². The molecular weight excluding hydrogens is 288 g/mol. The van der Waals surface area contributed by atoms with E-state index in [0.717, 1.165) is 31.8 Å². The summed E-state index contributed by atoms with van der Waals surface area (Å²) in [4.78, 5) is 14.7. The van der Waals surface area contributed by atoms with Crippen molar-refractivity contribution >= 4 is 5.91 Å². The van der Waals surface area contributed by atoms with Crippen LogP contribution >= 0.6 is 0 Å². The summed E-state index contributed by atoms with van der Waals surface area (Å²) in [5.74, 6) is 0.772. The third-order valence-corrected chi connectivity index (χ3v) is 6.27. The molecule has 3 rings (SSSR count). The van der Waals surface area contributed by atoms with Gasteiger partial charge in [-0.1, -0.05) is 44.9 Å². The molecular formula is C19H34N2O2. The summed E-state index contributed by atoms with van der Waals surface area (Å²) < 4.78 is 0. The number of carbonyl (C=O) groups excluding carboxylic acids is 1. The maximum atomic E-state index is 12.8. The SMILES string of the molecule is O=C1N(CCC2CCCCC2)CCC[C@]1(O)CNC1CCCC1. The van der Waals surface area contributed by atoms with Gasteiger partial charge in [-0.05, 0) is 38.0 Å². The molecule has 1 heterocycles. The van der Waals surface area contributed by atoms with Gasteiger partial charge in [0.2, 0.25) is 0 Å². The van der Waals surface area contributed by atoms with E-state index < -0.39 is 5.60 Å². The molecule has 1 amide bonds. The zero-order chi connectivity index (χ0) is 16.1. The number of piperidine rings is 1. The van der Waals surface area contributed by atoms with Crippen LogP contribution < -0.4 is 5.32 Å². The van der Waals surface area contributed by atoms with Gasteiger partial charge in [-0.25, -0.2) is 0 Å². The number of aliphatic hydroxyl groups is 1. The molecule has 2 saturated carbocycles. The van der Waals surface area contributed by atoms with Crippen LogP contribution in [0, 0.1) is 5.92 Å². The molecule has 0 bridgehead atoms. The smallest absolute Gasteiger partial charge is 0.255 e. The molecule has 1 atom stereocenters. The van der Waals surface area contributed by atoms with E-state index in [1.54, 1.807) is 0 Å². The molecule has 132 valence electrons. The predicted molar refractivity (Wildman–Crippen MR) is 92.2 cm³/mol. The monoisotopic (exact) mass is 322 g/mol. The van der Waals surface area contributed by atoms with Crippen LogP contribution in [0.15, 0.2) is 0 Å². The zero-order valence-electron chi connectivity index (χ0n) is 14.6. The van der Waals surface area contributed by atoms with Crippen LogP contribution in [-0.4, -0.2) is 47.2 Å². The molecule has 0 radical (unpaired) electrons. The second kappa shape index (κ2) is 7.98. The Kier molecular flexibility index (Phi) is 5.97. The van der Waals surface area contributed by atoms with Gasteiger partial charge in [0.15, 0.2) is 5.60 Å². The summed E-state index contributed by atoms with van der Waals surface area (Å²) in [6.07, 6.45) is 14.3. The Labute approximate surface area is 141 Å². The van der Waals surface area contributed by atoms with Crippen molar-refractivity contribution in [1.82, 2.24) is 10.2 Å². The lowest BCUT2D eigenvalue weighted by Crippen LogP contribution is -2.59. The van der Waals surface area contributed by atoms with Gasteiger partial charge in [-0.3, -0.25) is 4.79 Å². The number of amides is 1. The molecule has 1 saturated heterocycles. The van der Waals surface area contributed by atoms with Crippen molar-refractivity contribution in [3.63, 3.8) is 0 Å². The minimum absolute atomic E-state index is 0.0231. The van der Waals surface area contributed by atoms with E-state index in [1.165, 1.54) is 57.8 Å². The minimum Gasteiger partial charge on any atom is -0.379 e. The molecule has 0 spiro atoms. The molecule has 0 aromatic heterocycles. The summed E-state index contributed by atoms with van der Waals surface area (Å²) in [6, 6.07) is 0.504. The van der Waals surface area contributed by atoms with Crippen LogP contribution in [0.2, 0.25) is 0 Å². The van der Waals surface area contributed by atoms with Crippen molar-refractivity contribution in [3.05, 3.63) is 0 Å². The van der Waals surface area contributed by atoms with E-state index in [2.05, 4.69) is 5.32 Å². The van der Waals surface area contributed by atoms with E-state index in [4.69, 9.17) is 0 Å². The van der Waals surface area contributed by atoms with Gasteiger partial charge in [0, 0.05) is 25.7 Å². The Morgan fingerprint density at radius 1 is 1.04 bits per heavy atom. The van der Waals surface area contributed by atoms with E-state index >= 15 is 0 Å². The summed E-state index contributed by atoms with van der Waals surface area (Å²) in [5, 5.41) is 14.3. The molecule has 23 heavy (non-hydrogen) atoms. The van der Waals surface area contributed by atoms with Crippen molar-refractivity contribution in [2.24, 2.45) is 5.92 Å². The second-order valence-electron chi connectivity index (χ2n) is 8.08. The van der Waals surface area contributed by atoms with Crippen molar-refractivity contribution < 1.29 is 9.90 Å². The highest BCUT2D eigenvalue weighted by atomic mass is 16.3. The first-order chi connectivity index (χ1) is 11.2. The first-order valence-corrected chi connectivity index (χ1v) is 9.92. The van der Waals surface area contributed by atoms with Gasteiger partial charge in [-0.2, -0.15) is 0 Å². The van der Waals surface area contributed by atoms with Crippen molar-refractivity contribution in [2.75, 3.05) is 19.6 Å². The third kappa shape index (κ3) is 4.48. The molecule has 0 aromatic rings. The van der Waals surface area contributed by atoms with Gasteiger partial charge in [0.1, 0.15) is 0 Å². The van der Waals surface area contributed by atoms with Crippen LogP contribution in [0.25, 0.3) is 0 Å². The third-order valence-electron chi connectivity index (χ3n) is 6.27. The average molecular weight is 322 g/mol. The number of nitrogens with zero attached hydrogens (tertiary/aromatic N) is 1. The van der Waals surface area contributed by atoms with Crippen molar-refractivity contribution in [2.45, 2.75) is 88.7 Å². The Hall–Kier alpha value is -0.610. The van der Waals surface area contributed by atoms with Crippen molar-refractivity contribution in [3.8, 4) is 0 Å². The lowest BCUT2D eigenvalue weighted by molar-refractivity contribution is -0.156. The maximum Gasteiger partial charge on any atom is 0.255 e. The van der Waals surface area contributed by atoms with Gasteiger partial charge in [0.25, 0.3) is 5.91 Å². The van der Waals surface area contributed by atoms with Gasteiger partial charge < -0.3 is 15.3 Å². The van der Waals surface area contributed by atoms with Crippen molar-refractivity contribution in [1.29, 1.82) is 0 Å². The summed E-state index contributed by atoms with van der Waals surface area (Å²) in [5.41, 5.74) is -1.16. The molecule has 4 nitrogen and oxygen atoms in total. The normalized spacial score (nSPS) is 31.0. The first kappa shape index (κ1) is 17.2. The molecule has 2 N–H and O–H groups in total. The minimum atomic E-state index is -1.16. The number of hydrogen-bond acceptors (Lipinski definition) is 3. The molecule has 3 aliphatic rings. The fourth-order valence-corrected chi connectivity index (χ4v) is 4.70. The Bertz CT molecular complexity index is 389. The Morgan fingerprint density at radius 3 is 2.48 bits per heavy atom. The fraction of sp³-hybridized carbons (Fsp3) is 0.947. The summed E-state index contributed by atoms with van der Waals surface area (Å²) in [7, 11) is 0. The van der Waals surface area contributed by atoms with Gasteiger partial charge >= 0.3 is 0 Å². The lowest BCUT2D eigenvalue weighted by atomic mass is 9.86. The quantitative estimate of drug-likeness (QED) is 0.790. The molecule has 1 aliphatic heterocycles. The summed E-state index contributed by atoms with van der Waals surface area (Å²) in [6.45, 7) is 2.11. The summed E-state index contributed by atoms with van der Waals surface area (Å²) >= 11 is 0. The number of rotatable bonds is 6. The molecule has 4 heteroatoms. The number of likely N-dealkylation sites (tertiary alicyclic amines) is 1. The topological polar surface area (TPSA) is 52.6 Å². The molecule has 2 aliphatic carbocycles. The second-order valence-corrected chi connectivity index (χ2v) is 8.08. The highest BCUT2D eigenvalue weighted by molar-refractivity contribution is 5.86. The molecule has 3 fully saturated rings. The Balaban J connectivity index is 1.47. The van der Waals surface area contributed by atoms with Crippen LogP contribution in [-0.2, 0) is 4.79 Å². The van der Waals surface area contributed by atoms with Crippen LogP contribution in [0.4, 0.5) is 0 Å². The predicted octanol–water partition coefficient (Wildman–Crippen LogP) is 2.84. The standard InChI is InChI=1S/C19H34N2O2/c22-18-19(23,15-20-17-9-4-5-10-17)12-6-13-21(18)14-11-16-7-2-1-3-8-16/h16-17,20,23H,1-15H2/t19-/m0/s1. The first-order valence-electron chi connectivity index (χ1n) is 9.92. The highest BCUT2D eigenvalue weighted by Gasteiger charge is 2.42. The highest BCUT2D eigenvalue weighted by Crippen LogP contribution is 2.28. The van der Waals surface area contributed by atoms with Gasteiger partial charge in [0.05, 0.1) is 0 Å². The zero-order valence-corrected chi connectivity index (χ0v) is 14.6. The lowest BCUT2D eigenvalue weighted by Gasteiger charge is -2.39. The maximum absolute atomic E-state index is 12.8. The average Bonchev–Trinajstić information content (AvgIpc) is 3.09. The van der Waals surface area contributed by atoms with Crippen LogP contribution in [0.5, 0.6) is 0 Å². The Morgan fingerprint density at radius 2 is 1.74 bits per heavy atom.